The second kappa shape index (κ2) is 5.03. The number of carbonyl (C=O) groups excluding carboxylic acids is 1. The van der Waals surface area contributed by atoms with Crippen LogP contribution in [-0.2, 0) is 4.79 Å². The molecule has 0 bridgehead atoms. The monoisotopic (exact) mass is 248 g/mol. The van der Waals surface area contributed by atoms with Crippen LogP contribution in [0, 0.1) is 0 Å². The molecule has 0 unspecified atom stereocenters. The number of nitrogens with zero attached hydrogens (tertiary/aromatic N) is 2. The van der Waals surface area contributed by atoms with Crippen molar-refractivity contribution >= 4 is 22.4 Å². The van der Waals surface area contributed by atoms with Crippen molar-refractivity contribution in [3.05, 3.63) is 30.3 Å². The first-order valence-electron chi connectivity index (χ1n) is 5.12. The van der Waals surface area contributed by atoms with Gasteiger partial charge in [-0.25, -0.2) is 0 Å². The van der Waals surface area contributed by atoms with Crippen LogP contribution < -0.4 is 11.1 Å². The molecule has 0 saturated carbocycles. The van der Waals surface area contributed by atoms with Gasteiger partial charge in [-0.15, -0.1) is 10.2 Å². The number of hydrogen-bond acceptors (Lipinski definition) is 5. The average Bonchev–Trinajstić information content (AvgIpc) is 2.78. The lowest BCUT2D eigenvalue weighted by molar-refractivity contribution is -0.117. The third-order valence-electron chi connectivity index (χ3n) is 2.09. The lowest BCUT2D eigenvalue weighted by Gasteiger charge is -2.02. The Kier molecular flexibility index (Phi) is 3.46. The quantitative estimate of drug-likeness (QED) is 0.862. The van der Waals surface area contributed by atoms with E-state index in [0.29, 0.717) is 5.13 Å². The number of amides is 1. The minimum Gasteiger partial charge on any atom is -0.320 e. The summed E-state index contributed by atoms with van der Waals surface area (Å²) in [5.74, 6) is -0.263. The molecular weight excluding hydrogens is 236 g/mol. The number of hydrogen-bond donors (Lipinski definition) is 2. The third kappa shape index (κ3) is 2.86. The Bertz CT molecular complexity index is 509. The summed E-state index contributed by atoms with van der Waals surface area (Å²) in [6.45, 7) is 1.62. The minimum atomic E-state index is -0.556. The molecule has 1 atom stereocenters. The molecule has 5 nitrogen and oxygen atoms in total. The number of nitrogens with one attached hydrogen (secondary N) is 1. The maximum atomic E-state index is 11.4. The van der Waals surface area contributed by atoms with E-state index in [1.54, 1.807) is 6.92 Å². The molecule has 6 heteroatoms. The lowest BCUT2D eigenvalue weighted by atomic mass is 10.2. The van der Waals surface area contributed by atoms with Crippen molar-refractivity contribution in [3.8, 4) is 10.6 Å². The molecule has 0 fully saturated rings. The van der Waals surface area contributed by atoms with Gasteiger partial charge < -0.3 is 5.73 Å². The fourth-order valence-electron chi connectivity index (χ4n) is 1.19. The van der Waals surface area contributed by atoms with Crippen molar-refractivity contribution in [1.82, 2.24) is 10.2 Å². The molecule has 0 saturated heterocycles. The van der Waals surface area contributed by atoms with Crippen LogP contribution in [0.2, 0.25) is 0 Å². The van der Waals surface area contributed by atoms with Crippen molar-refractivity contribution in [1.29, 1.82) is 0 Å². The maximum Gasteiger partial charge on any atom is 0.242 e. The van der Waals surface area contributed by atoms with Gasteiger partial charge >= 0.3 is 0 Å². The van der Waals surface area contributed by atoms with Crippen LogP contribution in [0.25, 0.3) is 10.6 Å². The average molecular weight is 248 g/mol. The van der Waals surface area contributed by atoms with E-state index >= 15 is 0 Å². The summed E-state index contributed by atoms with van der Waals surface area (Å²) in [7, 11) is 0. The molecule has 0 aliphatic carbocycles. The van der Waals surface area contributed by atoms with E-state index in [1.165, 1.54) is 11.3 Å². The molecule has 1 amide bonds. The standard InChI is InChI=1S/C11H12N4OS/c1-7(12)9(16)13-11-15-14-10(17-11)8-5-3-2-4-6-8/h2-7H,12H2,1H3,(H,13,15,16)/t7-/m0/s1. The molecule has 0 aliphatic rings. The largest absolute Gasteiger partial charge is 0.320 e. The Balaban J connectivity index is 2.14. The van der Waals surface area contributed by atoms with Crippen LogP contribution in [0.4, 0.5) is 5.13 Å². The van der Waals surface area contributed by atoms with E-state index in [0.717, 1.165) is 10.6 Å². The summed E-state index contributed by atoms with van der Waals surface area (Å²) in [6, 6.07) is 9.12. The third-order valence-corrected chi connectivity index (χ3v) is 2.98. The number of nitrogens with two attached hydrogens (primary N) is 1. The molecule has 1 heterocycles. The molecule has 2 rings (SSSR count). The number of carbonyl (C=O) groups is 1. The Hall–Kier alpha value is -1.79. The normalized spacial score (nSPS) is 12.1. The van der Waals surface area contributed by atoms with E-state index in [-0.39, 0.29) is 5.91 Å². The van der Waals surface area contributed by atoms with Crippen LogP contribution in [-0.4, -0.2) is 22.1 Å². The Morgan fingerprint density at radius 1 is 1.35 bits per heavy atom. The highest BCUT2D eigenvalue weighted by atomic mass is 32.1. The summed E-state index contributed by atoms with van der Waals surface area (Å²) in [6.07, 6.45) is 0. The molecule has 1 aromatic carbocycles. The first kappa shape index (κ1) is 11.7. The summed E-state index contributed by atoms with van der Waals surface area (Å²) in [5.41, 5.74) is 6.42. The summed E-state index contributed by atoms with van der Waals surface area (Å²) in [5, 5.41) is 11.8. The molecule has 0 radical (unpaired) electrons. The Morgan fingerprint density at radius 2 is 2.06 bits per heavy atom. The zero-order valence-corrected chi connectivity index (χ0v) is 10.1. The van der Waals surface area contributed by atoms with Gasteiger partial charge in [0.25, 0.3) is 0 Å². The van der Waals surface area contributed by atoms with Crippen LogP contribution in [0.15, 0.2) is 30.3 Å². The number of rotatable bonds is 3. The van der Waals surface area contributed by atoms with Gasteiger partial charge in [0.15, 0.2) is 0 Å². The Labute approximate surface area is 103 Å². The molecule has 17 heavy (non-hydrogen) atoms. The van der Waals surface area contributed by atoms with Crippen LogP contribution in [0.5, 0.6) is 0 Å². The predicted octanol–water partition coefficient (Wildman–Crippen LogP) is 1.49. The first-order chi connectivity index (χ1) is 8.16. The highest BCUT2D eigenvalue weighted by molar-refractivity contribution is 7.18. The van der Waals surface area contributed by atoms with Gasteiger partial charge in [0.05, 0.1) is 6.04 Å². The number of aromatic nitrogens is 2. The summed E-state index contributed by atoms with van der Waals surface area (Å²) in [4.78, 5) is 11.4. The molecule has 0 aliphatic heterocycles. The zero-order valence-electron chi connectivity index (χ0n) is 9.25. The van der Waals surface area contributed by atoms with Gasteiger partial charge in [-0.2, -0.15) is 0 Å². The highest BCUT2D eigenvalue weighted by Gasteiger charge is 2.11. The molecule has 88 valence electrons. The molecule has 2 aromatic rings. The van der Waals surface area contributed by atoms with Gasteiger partial charge in [-0.3, -0.25) is 10.1 Å². The van der Waals surface area contributed by atoms with Crippen molar-refractivity contribution in [2.75, 3.05) is 5.32 Å². The fraction of sp³-hybridized carbons (Fsp3) is 0.182. The number of anilines is 1. The minimum absolute atomic E-state index is 0.263. The topological polar surface area (TPSA) is 80.9 Å². The summed E-state index contributed by atoms with van der Waals surface area (Å²) < 4.78 is 0. The fourth-order valence-corrected chi connectivity index (χ4v) is 1.94. The predicted molar refractivity (Wildman–Crippen MR) is 67.6 cm³/mol. The van der Waals surface area contributed by atoms with E-state index < -0.39 is 6.04 Å². The van der Waals surface area contributed by atoms with Gasteiger partial charge in [0, 0.05) is 5.56 Å². The smallest absolute Gasteiger partial charge is 0.242 e. The SMILES string of the molecule is C[C@H](N)C(=O)Nc1nnc(-c2ccccc2)s1. The van der Waals surface area contributed by atoms with E-state index in [9.17, 15) is 4.79 Å². The second-order valence-corrected chi connectivity index (χ2v) is 4.53. The first-order valence-corrected chi connectivity index (χ1v) is 5.94. The summed E-state index contributed by atoms with van der Waals surface area (Å²) >= 11 is 1.32. The van der Waals surface area contributed by atoms with Crippen LogP contribution in [0.1, 0.15) is 6.92 Å². The number of benzene rings is 1. The lowest BCUT2D eigenvalue weighted by Crippen LogP contribution is -2.32. The second-order valence-electron chi connectivity index (χ2n) is 3.56. The van der Waals surface area contributed by atoms with E-state index in [1.807, 2.05) is 30.3 Å². The van der Waals surface area contributed by atoms with Crippen molar-refractivity contribution in [2.45, 2.75) is 13.0 Å². The van der Waals surface area contributed by atoms with Crippen LogP contribution >= 0.6 is 11.3 Å². The molecular formula is C11H12N4OS. The van der Waals surface area contributed by atoms with E-state index in [4.69, 9.17) is 5.73 Å². The van der Waals surface area contributed by atoms with Crippen molar-refractivity contribution in [3.63, 3.8) is 0 Å². The van der Waals surface area contributed by atoms with Gasteiger partial charge in [-0.05, 0) is 6.92 Å². The molecule has 1 aromatic heterocycles. The Morgan fingerprint density at radius 3 is 2.71 bits per heavy atom. The molecule has 3 N–H and O–H groups in total. The van der Waals surface area contributed by atoms with E-state index in [2.05, 4.69) is 15.5 Å². The maximum absolute atomic E-state index is 11.4. The zero-order chi connectivity index (χ0) is 12.3. The van der Waals surface area contributed by atoms with Crippen molar-refractivity contribution < 1.29 is 4.79 Å². The van der Waals surface area contributed by atoms with Gasteiger partial charge in [0.1, 0.15) is 5.01 Å². The van der Waals surface area contributed by atoms with Gasteiger partial charge in [-0.1, -0.05) is 41.7 Å². The highest BCUT2D eigenvalue weighted by Crippen LogP contribution is 2.25. The van der Waals surface area contributed by atoms with Crippen molar-refractivity contribution in [2.24, 2.45) is 5.73 Å². The molecule has 0 spiro atoms. The van der Waals surface area contributed by atoms with Crippen LogP contribution in [0.3, 0.4) is 0 Å². The van der Waals surface area contributed by atoms with Gasteiger partial charge in [0.2, 0.25) is 11.0 Å².